The predicted molar refractivity (Wildman–Crippen MR) is 128 cm³/mol. The zero-order chi connectivity index (χ0) is 22.5. The number of methoxy groups -OCH3 is 1. The van der Waals surface area contributed by atoms with Crippen LogP contribution in [-0.4, -0.2) is 47.8 Å². The van der Waals surface area contributed by atoms with E-state index in [0.717, 1.165) is 36.1 Å². The Labute approximate surface area is 189 Å². The summed E-state index contributed by atoms with van der Waals surface area (Å²) in [5.74, 6) is 2.89. The van der Waals surface area contributed by atoms with Crippen LogP contribution in [0, 0.1) is 5.92 Å². The maximum atomic E-state index is 13.4. The summed E-state index contributed by atoms with van der Waals surface area (Å²) < 4.78 is 13.1. The second kappa shape index (κ2) is 10.2. The first kappa shape index (κ1) is 22.3. The highest BCUT2D eigenvalue weighted by Crippen LogP contribution is 2.23. The maximum absolute atomic E-state index is 13.4. The molecule has 0 bridgehead atoms. The summed E-state index contributed by atoms with van der Waals surface area (Å²) in [7, 11) is 1.57. The lowest BCUT2D eigenvalue weighted by atomic mass is 10.0. The number of hydrogen-bond acceptors (Lipinski definition) is 5. The van der Waals surface area contributed by atoms with Crippen LogP contribution in [-0.2, 0) is 6.42 Å². The topological polar surface area (TPSA) is 56.6 Å². The number of nitrogens with zero attached hydrogens (tertiary/aromatic N) is 3. The molecule has 4 rings (SSSR count). The van der Waals surface area contributed by atoms with Crippen LogP contribution in [0.3, 0.4) is 0 Å². The van der Waals surface area contributed by atoms with Crippen LogP contribution in [0.25, 0.3) is 16.6 Å². The average molecular weight is 436 g/mol. The van der Waals surface area contributed by atoms with Gasteiger partial charge in [-0.2, -0.15) is 0 Å². The normalized spacial score (nSPS) is 16.9. The van der Waals surface area contributed by atoms with Crippen LogP contribution in [0.5, 0.6) is 11.5 Å². The van der Waals surface area contributed by atoms with Crippen molar-refractivity contribution in [2.24, 2.45) is 5.92 Å². The molecule has 1 aromatic heterocycles. The SMILES string of the molecule is CCc1nc2cccc(OC)c2c(=O)n1-c1ccc(OCCCN2CCC[C@H](C)C2)cc1. The third-order valence-electron chi connectivity index (χ3n) is 6.19. The summed E-state index contributed by atoms with van der Waals surface area (Å²) in [5, 5.41) is 0.500. The number of benzene rings is 2. The quantitative estimate of drug-likeness (QED) is 0.489. The van der Waals surface area contributed by atoms with E-state index in [1.165, 1.54) is 25.9 Å². The van der Waals surface area contributed by atoms with E-state index in [4.69, 9.17) is 14.5 Å². The van der Waals surface area contributed by atoms with Crippen LogP contribution >= 0.6 is 0 Å². The van der Waals surface area contributed by atoms with Gasteiger partial charge in [0.25, 0.3) is 5.56 Å². The molecule has 0 saturated carbocycles. The van der Waals surface area contributed by atoms with Crippen molar-refractivity contribution in [1.82, 2.24) is 14.5 Å². The molecule has 6 nitrogen and oxygen atoms in total. The number of likely N-dealkylation sites (tertiary alicyclic amines) is 1. The van der Waals surface area contributed by atoms with Gasteiger partial charge in [-0.25, -0.2) is 4.98 Å². The Morgan fingerprint density at radius 2 is 1.97 bits per heavy atom. The van der Waals surface area contributed by atoms with Crippen LogP contribution in [0.1, 0.15) is 38.9 Å². The lowest BCUT2D eigenvalue weighted by molar-refractivity contribution is 0.170. The van der Waals surface area contributed by atoms with E-state index < -0.39 is 0 Å². The molecule has 0 radical (unpaired) electrons. The minimum atomic E-state index is -0.117. The van der Waals surface area contributed by atoms with Crippen LogP contribution in [0.2, 0.25) is 0 Å². The lowest BCUT2D eigenvalue weighted by Crippen LogP contribution is -2.35. The van der Waals surface area contributed by atoms with Gasteiger partial charge < -0.3 is 14.4 Å². The average Bonchev–Trinajstić information content (AvgIpc) is 2.82. The van der Waals surface area contributed by atoms with Crippen LogP contribution < -0.4 is 15.0 Å². The Bertz CT molecular complexity index is 1110. The molecule has 0 N–H and O–H groups in total. The summed E-state index contributed by atoms with van der Waals surface area (Å²) in [6, 6.07) is 13.2. The van der Waals surface area contributed by atoms with Crippen molar-refractivity contribution in [1.29, 1.82) is 0 Å². The van der Waals surface area contributed by atoms with Crippen molar-refractivity contribution in [3.8, 4) is 17.2 Å². The van der Waals surface area contributed by atoms with Crippen molar-refractivity contribution in [2.45, 2.75) is 39.5 Å². The van der Waals surface area contributed by atoms with Crippen molar-refractivity contribution in [2.75, 3.05) is 33.4 Å². The summed E-state index contributed by atoms with van der Waals surface area (Å²) in [6.45, 7) is 8.53. The molecule has 1 atom stereocenters. The molecule has 0 unspecified atom stereocenters. The number of piperidine rings is 1. The third-order valence-corrected chi connectivity index (χ3v) is 6.19. The van der Waals surface area contributed by atoms with Gasteiger partial charge in [0.05, 0.1) is 24.9 Å². The molecule has 2 aromatic carbocycles. The van der Waals surface area contributed by atoms with Gasteiger partial charge in [-0.1, -0.05) is 19.9 Å². The number of fused-ring (bicyclic) bond motifs is 1. The van der Waals surface area contributed by atoms with Crippen molar-refractivity contribution in [3.05, 3.63) is 58.6 Å². The van der Waals surface area contributed by atoms with E-state index in [1.807, 2.05) is 43.3 Å². The molecule has 0 spiro atoms. The zero-order valence-electron chi connectivity index (χ0n) is 19.3. The predicted octanol–water partition coefficient (Wildman–Crippen LogP) is 4.46. The van der Waals surface area contributed by atoms with E-state index in [0.29, 0.717) is 29.7 Å². The van der Waals surface area contributed by atoms with Gasteiger partial charge in [0.1, 0.15) is 22.7 Å². The molecule has 170 valence electrons. The largest absolute Gasteiger partial charge is 0.496 e. The fourth-order valence-corrected chi connectivity index (χ4v) is 4.58. The van der Waals surface area contributed by atoms with Crippen molar-refractivity contribution < 1.29 is 9.47 Å². The molecular formula is C26H33N3O3. The van der Waals surface area contributed by atoms with Crippen molar-refractivity contribution in [3.63, 3.8) is 0 Å². The first-order valence-electron chi connectivity index (χ1n) is 11.6. The molecule has 2 heterocycles. The van der Waals surface area contributed by atoms with Gasteiger partial charge in [-0.15, -0.1) is 0 Å². The summed E-state index contributed by atoms with van der Waals surface area (Å²) in [5.41, 5.74) is 1.32. The summed E-state index contributed by atoms with van der Waals surface area (Å²) >= 11 is 0. The van der Waals surface area contributed by atoms with E-state index in [-0.39, 0.29) is 5.56 Å². The Morgan fingerprint density at radius 3 is 2.69 bits per heavy atom. The van der Waals surface area contributed by atoms with Crippen molar-refractivity contribution >= 4 is 10.9 Å². The number of ether oxygens (including phenoxy) is 2. The second-order valence-electron chi connectivity index (χ2n) is 8.62. The van der Waals surface area contributed by atoms with E-state index in [9.17, 15) is 4.79 Å². The van der Waals surface area contributed by atoms with Gasteiger partial charge in [0.2, 0.25) is 0 Å². The van der Waals surface area contributed by atoms with Gasteiger partial charge in [-0.05, 0) is 68.1 Å². The van der Waals surface area contributed by atoms with Gasteiger partial charge in [0, 0.05) is 19.5 Å². The number of aromatic nitrogens is 2. The fraction of sp³-hybridized carbons (Fsp3) is 0.462. The van der Waals surface area contributed by atoms with E-state index in [1.54, 1.807) is 17.7 Å². The monoisotopic (exact) mass is 435 g/mol. The minimum absolute atomic E-state index is 0.117. The smallest absolute Gasteiger partial charge is 0.269 e. The van der Waals surface area contributed by atoms with E-state index >= 15 is 0 Å². The molecule has 3 aromatic rings. The highest BCUT2D eigenvalue weighted by molar-refractivity contribution is 5.84. The minimum Gasteiger partial charge on any atom is -0.496 e. The zero-order valence-corrected chi connectivity index (χ0v) is 19.3. The molecule has 1 fully saturated rings. The van der Waals surface area contributed by atoms with Gasteiger partial charge >= 0.3 is 0 Å². The molecule has 1 aliphatic heterocycles. The highest BCUT2D eigenvalue weighted by Gasteiger charge is 2.16. The van der Waals surface area contributed by atoms with Gasteiger partial charge in [-0.3, -0.25) is 9.36 Å². The lowest BCUT2D eigenvalue weighted by Gasteiger charge is -2.30. The standard InChI is InChI=1S/C26H33N3O3/c1-4-24-27-22-9-5-10-23(31-3)25(22)26(30)29(24)20-11-13-21(14-12-20)32-17-7-16-28-15-6-8-19(2)18-28/h5,9-14,19H,4,6-8,15-18H2,1-3H3/t19-/m0/s1. The first-order chi connectivity index (χ1) is 15.6. The Balaban J connectivity index is 1.48. The molecule has 0 aliphatic carbocycles. The number of rotatable bonds is 8. The second-order valence-corrected chi connectivity index (χ2v) is 8.62. The highest BCUT2D eigenvalue weighted by atomic mass is 16.5. The number of hydrogen-bond donors (Lipinski definition) is 0. The molecule has 1 aliphatic rings. The summed E-state index contributed by atoms with van der Waals surface area (Å²) in [6.07, 6.45) is 4.32. The third kappa shape index (κ3) is 4.80. The number of aryl methyl sites for hydroxylation is 1. The van der Waals surface area contributed by atoms with Crippen LogP contribution in [0.4, 0.5) is 0 Å². The molecule has 0 amide bonds. The molecular weight excluding hydrogens is 402 g/mol. The Kier molecular flexibility index (Phi) is 7.10. The maximum Gasteiger partial charge on any atom is 0.269 e. The fourth-order valence-electron chi connectivity index (χ4n) is 4.58. The molecule has 1 saturated heterocycles. The Morgan fingerprint density at radius 1 is 1.16 bits per heavy atom. The van der Waals surface area contributed by atoms with E-state index in [2.05, 4.69) is 11.8 Å². The Hall–Kier alpha value is -2.86. The van der Waals surface area contributed by atoms with Gasteiger partial charge in [0.15, 0.2) is 0 Å². The summed E-state index contributed by atoms with van der Waals surface area (Å²) in [4.78, 5) is 20.6. The molecule has 6 heteroatoms. The molecule has 32 heavy (non-hydrogen) atoms. The van der Waals surface area contributed by atoms with Crippen LogP contribution in [0.15, 0.2) is 47.3 Å². The first-order valence-corrected chi connectivity index (χ1v) is 11.6.